The lowest BCUT2D eigenvalue weighted by atomic mass is 10.2. The molecule has 1 aliphatic rings. The molecule has 1 saturated heterocycles. The van der Waals surface area contributed by atoms with Gasteiger partial charge in [0.05, 0.1) is 13.1 Å². The number of aromatic nitrogens is 1. The fraction of sp³-hybridized carbons (Fsp3) is 0.167. The van der Waals surface area contributed by atoms with Crippen LogP contribution in [0.1, 0.15) is 5.56 Å². The van der Waals surface area contributed by atoms with Crippen LogP contribution in [-0.2, 0) is 14.4 Å². The average molecular weight is 261 g/mol. The maximum Gasteiger partial charge on any atom is 0.328 e. The van der Waals surface area contributed by atoms with Gasteiger partial charge in [-0.15, -0.1) is 0 Å². The van der Waals surface area contributed by atoms with Crippen LogP contribution in [0.4, 0.5) is 5.82 Å². The molecular formula is C12H11N3O4. The van der Waals surface area contributed by atoms with Crippen LogP contribution in [0.2, 0.25) is 0 Å². The zero-order chi connectivity index (χ0) is 13.8. The number of piperazine rings is 1. The van der Waals surface area contributed by atoms with Crippen LogP contribution in [0.25, 0.3) is 6.08 Å². The van der Waals surface area contributed by atoms with Crippen molar-refractivity contribution < 1.29 is 19.5 Å². The van der Waals surface area contributed by atoms with E-state index in [1.54, 1.807) is 17.0 Å². The SMILES string of the molecule is O=C(O)/C=C/c1ccc(N2CC(=O)NC(=O)C2)nc1. The van der Waals surface area contributed by atoms with Crippen molar-refractivity contribution in [1.29, 1.82) is 0 Å². The van der Waals surface area contributed by atoms with Crippen LogP contribution in [0.5, 0.6) is 0 Å². The fourth-order valence-corrected chi connectivity index (χ4v) is 1.65. The van der Waals surface area contributed by atoms with E-state index in [0.29, 0.717) is 11.4 Å². The second kappa shape index (κ2) is 5.30. The Morgan fingerprint density at radius 3 is 2.53 bits per heavy atom. The molecule has 0 unspecified atom stereocenters. The van der Waals surface area contributed by atoms with Gasteiger partial charge in [-0.25, -0.2) is 9.78 Å². The number of amides is 2. The number of carboxylic acids is 1. The quantitative estimate of drug-likeness (QED) is 0.569. The Balaban J connectivity index is 2.11. The van der Waals surface area contributed by atoms with Crippen molar-refractivity contribution in [2.75, 3.05) is 18.0 Å². The zero-order valence-electron chi connectivity index (χ0n) is 9.87. The van der Waals surface area contributed by atoms with Crippen LogP contribution in [-0.4, -0.2) is 41.0 Å². The molecule has 7 nitrogen and oxygen atoms in total. The Kier molecular flexibility index (Phi) is 3.56. The van der Waals surface area contributed by atoms with E-state index in [0.717, 1.165) is 6.08 Å². The lowest BCUT2D eigenvalue weighted by Crippen LogP contribution is -2.51. The summed E-state index contributed by atoms with van der Waals surface area (Å²) in [4.78, 5) is 38.5. The molecule has 98 valence electrons. The molecule has 1 aliphatic heterocycles. The van der Waals surface area contributed by atoms with Gasteiger partial charge < -0.3 is 10.0 Å². The second-order valence-corrected chi connectivity index (χ2v) is 3.95. The highest BCUT2D eigenvalue weighted by atomic mass is 16.4. The largest absolute Gasteiger partial charge is 0.478 e. The Bertz CT molecular complexity index is 535. The summed E-state index contributed by atoms with van der Waals surface area (Å²) < 4.78 is 0. The van der Waals surface area contributed by atoms with E-state index < -0.39 is 5.97 Å². The molecule has 0 aliphatic carbocycles. The van der Waals surface area contributed by atoms with Crippen molar-refractivity contribution in [1.82, 2.24) is 10.3 Å². The molecule has 1 fully saturated rings. The van der Waals surface area contributed by atoms with Gasteiger partial charge in [-0.1, -0.05) is 0 Å². The number of pyridine rings is 1. The van der Waals surface area contributed by atoms with Crippen molar-refractivity contribution in [2.24, 2.45) is 0 Å². The first-order valence-electron chi connectivity index (χ1n) is 5.49. The van der Waals surface area contributed by atoms with Gasteiger partial charge in [0.25, 0.3) is 0 Å². The Labute approximate surface area is 108 Å². The highest BCUT2D eigenvalue weighted by Gasteiger charge is 2.23. The summed E-state index contributed by atoms with van der Waals surface area (Å²) in [5.74, 6) is -1.28. The minimum atomic E-state index is -1.04. The van der Waals surface area contributed by atoms with Gasteiger partial charge in [0.2, 0.25) is 11.8 Å². The molecule has 0 atom stereocenters. The molecule has 0 radical (unpaired) electrons. The summed E-state index contributed by atoms with van der Waals surface area (Å²) in [6.45, 7) is 0.145. The Morgan fingerprint density at radius 1 is 1.32 bits per heavy atom. The van der Waals surface area contributed by atoms with Crippen LogP contribution in [0, 0.1) is 0 Å². The predicted molar refractivity (Wildman–Crippen MR) is 66.3 cm³/mol. The number of nitrogens with one attached hydrogen (secondary N) is 1. The minimum absolute atomic E-state index is 0.0725. The number of carboxylic acid groups (broad SMARTS) is 1. The van der Waals surface area contributed by atoms with Gasteiger partial charge >= 0.3 is 5.97 Å². The summed E-state index contributed by atoms with van der Waals surface area (Å²) in [6, 6.07) is 3.30. The standard InChI is InChI=1S/C12H11N3O4/c16-10-6-15(7-11(17)14-10)9-3-1-8(5-13-9)2-4-12(18)19/h1-5H,6-7H2,(H,18,19)(H,14,16,17)/b4-2+. The van der Waals surface area contributed by atoms with Gasteiger partial charge in [-0.3, -0.25) is 14.9 Å². The minimum Gasteiger partial charge on any atom is -0.478 e. The number of rotatable bonds is 3. The van der Waals surface area contributed by atoms with E-state index in [9.17, 15) is 14.4 Å². The van der Waals surface area contributed by atoms with Crippen molar-refractivity contribution in [3.63, 3.8) is 0 Å². The van der Waals surface area contributed by atoms with Crippen LogP contribution in [0.15, 0.2) is 24.4 Å². The van der Waals surface area contributed by atoms with E-state index in [1.807, 2.05) is 0 Å². The number of carbonyl (C=O) groups excluding carboxylic acids is 2. The third-order valence-electron chi connectivity index (χ3n) is 2.46. The molecule has 0 saturated carbocycles. The Morgan fingerprint density at radius 2 is 2.00 bits per heavy atom. The molecule has 0 bridgehead atoms. The van der Waals surface area contributed by atoms with E-state index >= 15 is 0 Å². The number of aliphatic carboxylic acids is 1. The first kappa shape index (κ1) is 12.7. The topological polar surface area (TPSA) is 99.6 Å². The molecule has 7 heteroatoms. The van der Waals surface area contributed by atoms with Crippen LogP contribution in [0.3, 0.4) is 0 Å². The normalized spacial score (nSPS) is 15.7. The van der Waals surface area contributed by atoms with Gasteiger partial charge in [-0.05, 0) is 23.8 Å². The fourth-order valence-electron chi connectivity index (χ4n) is 1.65. The molecule has 2 N–H and O–H groups in total. The molecule has 0 aromatic carbocycles. The van der Waals surface area contributed by atoms with E-state index in [4.69, 9.17) is 5.11 Å². The smallest absolute Gasteiger partial charge is 0.328 e. The summed E-state index contributed by atoms with van der Waals surface area (Å²) in [6.07, 6.45) is 3.90. The molecule has 1 aromatic heterocycles. The van der Waals surface area contributed by atoms with Crippen molar-refractivity contribution in [3.8, 4) is 0 Å². The van der Waals surface area contributed by atoms with Crippen LogP contribution < -0.4 is 10.2 Å². The number of nitrogens with zero attached hydrogens (tertiary/aromatic N) is 2. The first-order chi connectivity index (χ1) is 9.04. The molecule has 2 rings (SSSR count). The van der Waals surface area contributed by atoms with E-state index in [1.165, 1.54) is 12.3 Å². The first-order valence-corrected chi connectivity index (χ1v) is 5.49. The summed E-state index contributed by atoms with van der Waals surface area (Å²) in [5.41, 5.74) is 0.624. The maximum atomic E-state index is 11.2. The maximum absolute atomic E-state index is 11.2. The average Bonchev–Trinajstić information content (AvgIpc) is 2.36. The van der Waals surface area contributed by atoms with Gasteiger partial charge in [0, 0.05) is 12.3 Å². The zero-order valence-corrected chi connectivity index (χ0v) is 9.87. The molecule has 19 heavy (non-hydrogen) atoms. The van der Waals surface area contributed by atoms with Crippen molar-refractivity contribution >= 4 is 29.7 Å². The van der Waals surface area contributed by atoms with Gasteiger partial charge in [0.15, 0.2) is 0 Å². The highest BCUT2D eigenvalue weighted by molar-refractivity contribution is 6.02. The Hall–Kier alpha value is -2.70. The molecular weight excluding hydrogens is 250 g/mol. The third kappa shape index (κ3) is 3.38. The summed E-state index contributed by atoms with van der Waals surface area (Å²) >= 11 is 0. The number of hydrogen-bond donors (Lipinski definition) is 2. The number of carbonyl (C=O) groups is 3. The summed E-state index contributed by atoms with van der Waals surface area (Å²) in [7, 11) is 0. The third-order valence-corrected chi connectivity index (χ3v) is 2.46. The molecule has 1 aromatic rings. The van der Waals surface area contributed by atoms with Crippen molar-refractivity contribution in [3.05, 3.63) is 30.0 Å². The van der Waals surface area contributed by atoms with Gasteiger partial charge in [-0.2, -0.15) is 0 Å². The van der Waals surface area contributed by atoms with Gasteiger partial charge in [0.1, 0.15) is 5.82 Å². The predicted octanol–water partition coefficient (Wildman–Crippen LogP) is -0.358. The molecule has 2 heterocycles. The second-order valence-electron chi connectivity index (χ2n) is 3.95. The number of hydrogen-bond acceptors (Lipinski definition) is 5. The molecule has 0 spiro atoms. The number of imide groups is 1. The number of anilines is 1. The van der Waals surface area contributed by atoms with E-state index in [-0.39, 0.29) is 24.9 Å². The van der Waals surface area contributed by atoms with Crippen LogP contribution >= 0.6 is 0 Å². The monoisotopic (exact) mass is 261 g/mol. The molecule has 2 amide bonds. The van der Waals surface area contributed by atoms with Crippen molar-refractivity contribution in [2.45, 2.75) is 0 Å². The van der Waals surface area contributed by atoms with E-state index in [2.05, 4.69) is 10.3 Å². The lowest BCUT2D eigenvalue weighted by molar-refractivity contribution is -0.132. The summed E-state index contributed by atoms with van der Waals surface area (Å²) in [5, 5.41) is 10.7. The highest BCUT2D eigenvalue weighted by Crippen LogP contribution is 2.13. The lowest BCUT2D eigenvalue weighted by Gasteiger charge is -2.26.